The van der Waals surface area contributed by atoms with E-state index in [4.69, 9.17) is 4.74 Å². The standard InChI is InChI=1S/C16H31NO/c1-12(2)14-7-6-13(3)10-15(14)17-11-16(18-4)8-5-9-16/h12-15,17H,5-11H2,1-4H3. The summed E-state index contributed by atoms with van der Waals surface area (Å²) in [7, 11) is 1.88. The Morgan fingerprint density at radius 1 is 1.28 bits per heavy atom. The molecule has 2 aliphatic carbocycles. The van der Waals surface area contributed by atoms with E-state index in [1.54, 1.807) is 0 Å². The van der Waals surface area contributed by atoms with Crippen molar-refractivity contribution in [2.24, 2.45) is 17.8 Å². The van der Waals surface area contributed by atoms with E-state index in [9.17, 15) is 0 Å². The van der Waals surface area contributed by atoms with Crippen molar-refractivity contribution in [3.63, 3.8) is 0 Å². The van der Waals surface area contributed by atoms with E-state index in [1.807, 2.05) is 7.11 Å². The fourth-order valence-electron chi connectivity index (χ4n) is 3.78. The highest BCUT2D eigenvalue weighted by molar-refractivity contribution is 4.94. The van der Waals surface area contributed by atoms with E-state index in [0.29, 0.717) is 6.04 Å². The average Bonchev–Trinajstić information content (AvgIpc) is 2.28. The van der Waals surface area contributed by atoms with Crippen LogP contribution in [0.15, 0.2) is 0 Å². The van der Waals surface area contributed by atoms with Gasteiger partial charge >= 0.3 is 0 Å². The van der Waals surface area contributed by atoms with Crippen molar-refractivity contribution in [2.45, 2.75) is 70.9 Å². The second-order valence-corrected chi connectivity index (χ2v) is 7.05. The maximum atomic E-state index is 5.72. The van der Waals surface area contributed by atoms with E-state index in [2.05, 4.69) is 26.1 Å². The van der Waals surface area contributed by atoms with Crippen LogP contribution < -0.4 is 5.32 Å². The lowest BCUT2D eigenvalue weighted by atomic mass is 9.73. The van der Waals surface area contributed by atoms with Gasteiger partial charge in [0.25, 0.3) is 0 Å². The molecule has 0 spiro atoms. The Balaban J connectivity index is 1.88. The second kappa shape index (κ2) is 5.92. The van der Waals surface area contributed by atoms with Crippen LogP contribution in [0, 0.1) is 17.8 Å². The lowest BCUT2D eigenvalue weighted by molar-refractivity contribution is -0.0733. The molecule has 3 atom stereocenters. The fourth-order valence-corrected chi connectivity index (χ4v) is 3.78. The minimum atomic E-state index is 0.169. The summed E-state index contributed by atoms with van der Waals surface area (Å²) in [5.74, 6) is 2.54. The molecule has 0 amide bonds. The number of ether oxygens (including phenoxy) is 1. The van der Waals surface area contributed by atoms with E-state index >= 15 is 0 Å². The third-order valence-corrected chi connectivity index (χ3v) is 5.41. The molecule has 1 N–H and O–H groups in total. The van der Waals surface area contributed by atoms with Crippen molar-refractivity contribution in [3.8, 4) is 0 Å². The van der Waals surface area contributed by atoms with E-state index in [-0.39, 0.29) is 5.60 Å². The summed E-state index contributed by atoms with van der Waals surface area (Å²) in [5.41, 5.74) is 0.169. The molecule has 2 nitrogen and oxygen atoms in total. The maximum absolute atomic E-state index is 5.72. The molecule has 0 aromatic rings. The zero-order valence-electron chi connectivity index (χ0n) is 12.7. The Morgan fingerprint density at radius 3 is 2.50 bits per heavy atom. The zero-order chi connectivity index (χ0) is 13.2. The molecule has 0 aromatic heterocycles. The molecule has 2 rings (SSSR count). The normalized spacial score (nSPS) is 35.5. The molecule has 0 aromatic carbocycles. The summed E-state index contributed by atoms with van der Waals surface area (Å²) in [6, 6.07) is 0.710. The van der Waals surface area contributed by atoms with Crippen LogP contribution in [0.4, 0.5) is 0 Å². The summed E-state index contributed by atoms with van der Waals surface area (Å²) in [6.45, 7) is 8.22. The highest BCUT2D eigenvalue weighted by Gasteiger charge is 2.38. The Morgan fingerprint density at radius 2 is 2.00 bits per heavy atom. The lowest BCUT2D eigenvalue weighted by Crippen LogP contribution is -2.53. The molecule has 106 valence electrons. The Hall–Kier alpha value is -0.0800. The van der Waals surface area contributed by atoms with Crippen LogP contribution in [0.3, 0.4) is 0 Å². The van der Waals surface area contributed by atoms with Gasteiger partial charge in [-0.15, -0.1) is 0 Å². The van der Waals surface area contributed by atoms with Crippen molar-refractivity contribution in [1.29, 1.82) is 0 Å². The summed E-state index contributed by atoms with van der Waals surface area (Å²) < 4.78 is 5.72. The van der Waals surface area contributed by atoms with Crippen LogP contribution in [0.25, 0.3) is 0 Å². The van der Waals surface area contributed by atoms with Gasteiger partial charge in [0, 0.05) is 19.7 Å². The summed E-state index contributed by atoms with van der Waals surface area (Å²) in [6.07, 6.45) is 7.98. The van der Waals surface area contributed by atoms with Crippen LogP contribution >= 0.6 is 0 Å². The summed E-state index contributed by atoms with van der Waals surface area (Å²) >= 11 is 0. The lowest BCUT2D eigenvalue weighted by Gasteiger charge is -2.44. The topological polar surface area (TPSA) is 21.3 Å². The Kier molecular flexibility index (Phi) is 4.71. The van der Waals surface area contributed by atoms with Gasteiger partial charge in [-0.1, -0.05) is 27.2 Å². The SMILES string of the molecule is COC1(CNC2CC(C)CCC2C(C)C)CCC1. The third kappa shape index (κ3) is 3.08. The Bertz CT molecular complexity index is 254. The van der Waals surface area contributed by atoms with E-state index < -0.39 is 0 Å². The molecule has 3 unspecified atom stereocenters. The van der Waals surface area contributed by atoms with Crippen molar-refractivity contribution in [2.75, 3.05) is 13.7 Å². The first-order valence-electron chi connectivity index (χ1n) is 7.85. The van der Waals surface area contributed by atoms with Gasteiger partial charge in [0.2, 0.25) is 0 Å². The first kappa shape index (κ1) is 14.3. The van der Waals surface area contributed by atoms with Gasteiger partial charge in [-0.05, 0) is 49.9 Å². The van der Waals surface area contributed by atoms with Crippen molar-refractivity contribution >= 4 is 0 Å². The third-order valence-electron chi connectivity index (χ3n) is 5.41. The smallest absolute Gasteiger partial charge is 0.0802 e. The van der Waals surface area contributed by atoms with Gasteiger partial charge in [0.05, 0.1) is 5.60 Å². The van der Waals surface area contributed by atoms with Gasteiger partial charge in [-0.3, -0.25) is 0 Å². The molecule has 18 heavy (non-hydrogen) atoms. The maximum Gasteiger partial charge on any atom is 0.0802 e. The van der Waals surface area contributed by atoms with Crippen LogP contribution in [-0.4, -0.2) is 25.3 Å². The first-order valence-corrected chi connectivity index (χ1v) is 7.85. The Labute approximate surface area is 113 Å². The van der Waals surface area contributed by atoms with Crippen LogP contribution in [0.2, 0.25) is 0 Å². The zero-order valence-corrected chi connectivity index (χ0v) is 12.7. The predicted octanol–water partition coefficient (Wildman–Crippen LogP) is 3.61. The van der Waals surface area contributed by atoms with Crippen LogP contribution in [0.1, 0.15) is 59.3 Å². The molecular formula is C16H31NO. The minimum absolute atomic E-state index is 0.169. The predicted molar refractivity (Wildman–Crippen MR) is 76.7 cm³/mol. The number of nitrogens with one attached hydrogen (secondary N) is 1. The molecule has 0 saturated heterocycles. The molecule has 0 bridgehead atoms. The molecule has 2 heteroatoms. The van der Waals surface area contributed by atoms with Crippen LogP contribution in [-0.2, 0) is 4.74 Å². The van der Waals surface area contributed by atoms with E-state index in [1.165, 1.54) is 38.5 Å². The van der Waals surface area contributed by atoms with Gasteiger partial charge < -0.3 is 10.1 Å². The highest BCUT2D eigenvalue weighted by atomic mass is 16.5. The molecule has 0 aliphatic heterocycles. The van der Waals surface area contributed by atoms with Gasteiger partial charge in [-0.25, -0.2) is 0 Å². The fraction of sp³-hybridized carbons (Fsp3) is 1.00. The number of hydrogen-bond acceptors (Lipinski definition) is 2. The molecule has 2 saturated carbocycles. The second-order valence-electron chi connectivity index (χ2n) is 7.05. The van der Waals surface area contributed by atoms with E-state index in [0.717, 1.165) is 24.3 Å². The number of hydrogen-bond donors (Lipinski definition) is 1. The van der Waals surface area contributed by atoms with Gasteiger partial charge in [0.1, 0.15) is 0 Å². The molecule has 2 aliphatic rings. The number of methoxy groups -OCH3 is 1. The van der Waals surface area contributed by atoms with Gasteiger partial charge in [-0.2, -0.15) is 0 Å². The van der Waals surface area contributed by atoms with Gasteiger partial charge in [0.15, 0.2) is 0 Å². The largest absolute Gasteiger partial charge is 0.377 e. The molecule has 2 fully saturated rings. The number of rotatable bonds is 5. The highest BCUT2D eigenvalue weighted by Crippen LogP contribution is 2.37. The minimum Gasteiger partial charge on any atom is -0.377 e. The summed E-state index contributed by atoms with van der Waals surface area (Å²) in [4.78, 5) is 0. The van der Waals surface area contributed by atoms with Crippen molar-refractivity contribution in [1.82, 2.24) is 5.32 Å². The molecular weight excluding hydrogens is 222 g/mol. The quantitative estimate of drug-likeness (QED) is 0.808. The van der Waals surface area contributed by atoms with Crippen molar-refractivity contribution < 1.29 is 4.74 Å². The van der Waals surface area contributed by atoms with Crippen LogP contribution in [0.5, 0.6) is 0 Å². The average molecular weight is 253 g/mol. The van der Waals surface area contributed by atoms with Crippen molar-refractivity contribution in [3.05, 3.63) is 0 Å². The molecule has 0 radical (unpaired) electrons. The monoisotopic (exact) mass is 253 g/mol. The first-order chi connectivity index (χ1) is 8.56. The summed E-state index contributed by atoms with van der Waals surface area (Å²) in [5, 5.41) is 3.85. The molecule has 0 heterocycles.